The lowest BCUT2D eigenvalue weighted by atomic mass is 10.1. The number of hydrogen-bond acceptors (Lipinski definition) is 6. The second-order valence-corrected chi connectivity index (χ2v) is 8.60. The van der Waals surface area contributed by atoms with E-state index in [1.807, 2.05) is 18.2 Å². The first-order chi connectivity index (χ1) is 15.0. The third kappa shape index (κ3) is 3.27. The zero-order valence-corrected chi connectivity index (χ0v) is 17.2. The molecule has 2 N–H and O–H groups in total. The maximum absolute atomic E-state index is 14.6. The van der Waals surface area contributed by atoms with Gasteiger partial charge in [-0.15, -0.1) is 0 Å². The van der Waals surface area contributed by atoms with Crippen LogP contribution in [0.5, 0.6) is 5.75 Å². The first kappa shape index (κ1) is 18.5. The van der Waals surface area contributed by atoms with E-state index in [1.165, 1.54) is 17.5 Å². The summed E-state index contributed by atoms with van der Waals surface area (Å²) in [5.74, 6) is -0.214. The van der Waals surface area contributed by atoms with Crippen LogP contribution < -0.4 is 10.2 Å². The molecule has 1 atom stereocenters. The van der Waals surface area contributed by atoms with Gasteiger partial charge in [-0.1, -0.05) is 0 Å². The van der Waals surface area contributed by atoms with Gasteiger partial charge < -0.3 is 15.3 Å². The van der Waals surface area contributed by atoms with Crippen molar-refractivity contribution < 1.29 is 9.50 Å². The minimum atomic E-state index is -0.730. The van der Waals surface area contributed by atoms with Crippen LogP contribution in [-0.2, 0) is 7.05 Å². The van der Waals surface area contributed by atoms with Crippen LogP contribution in [0, 0.1) is 5.82 Å². The fraction of sp³-hybridized carbons (Fsp3) is 0.348. The average Bonchev–Trinajstić information content (AvgIpc) is 3.32. The van der Waals surface area contributed by atoms with E-state index in [1.54, 1.807) is 25.4 Å². The molecule has 1 aromatic carbocycles. The number of phenols is 1. The molecule has 1 aliphatic heterocycles. The van der Waals surface area contributed by atoms with E-state index in [2.05, 4.69) is 20.3 Å². The van der Waals surface area contributed by atoms with Crippen LogP contribution in [0.1, 0.15) is 19.3 Å². The van der Waals surface area contributed by atoms with Crippen LogP contribution in [0.3, 0.4) is 0 Å². The Morgan fingerprint density at radius 1 is 1.06 bits per heavy atom. The lowest BCUT2D eigenvalue weighted by Crippen LogP contribution is -2.34. The number of rotatable bonds is 4. The van der Waals surface area contributed by atoms with Gasteiger partial charge in [0.05, 0.1) is 16.7 Å². The molecule has 1 saturated carbocycles. The molecule has 0 bridgehead atoms. The number of hydrogen-bond donors (Lipinski definition) is 2. The summed E-state index contributed by atoms with van der Waals surface area (Å²) in [7, 11) is 1.72. The molecule has 3 aromatic heterocycles. The van der Waals surface area contributed by atoms with E-state index < -0.39 is 11.6 Å². The van der Waals surface area contributed by atoms with E-state index in [-0.39, 0.29) is 5.52 Å². The Kier molecular flexibility index (Phi) is 4.11. The van der Waals surface area contributed by atoms with Crippen LogP contribution >= 0.6 is 0 Å². The summed E-state index contributed by atoms with van der Waals surface area (Å²) in [5.41, 5.74) is 2.48. The highest BCUT2D eigenvalue weighted by atomic mass is 19.1. The second-order valence-electron chi connectivity index (χ2n) is 8.60. The van der Waals surface area contributed by atoms with Crippen molar-refractivity contribution in [3.63, 3.8) is 0 Å². The predicted octanol–water partition coefficient (Wildman–Crippen LogP) is 3.36. The number of nitrogens with zero attached hydrogens (tertiary/aromatic N) is 5. The summed E-state index contributed by atoms with van der Waals surface area (Å²) in [6.45, 7) is 1.96. The van der Waals surface area contributed by atoms with Crippen molar-refractivity contribution in [2.75, 3.05) is 18.0 Å². The smallest absolute Gasteiger partial charge is 0.193 e. The highest BCUT2D eigenvalue weighted by Gasteiger charge is 2.29. The molecule has 4 aromatic rings. The molecule has 158 valence electrons. The number of pyridine rings is 2. The second kappa shape index (κ2) is 6.88. The quantitative estimate of drug-likeness (QED) is 0.529. The third-order valence-corrected chi connectivity index (χ3v) is 6.19. The number of fused-ring (bicyclic) bond motifs is 2. The van der Waals surface area contributed by atoms with Gasteiger partial charge in [0.2, 0.25) is 0 Å². The lowest BCUT2D eigenvalue weighted by Gasteiger charge is -2.18. The molecule has 4 heterocycles. The number of aryl methyl sites for hydroxylation is 1. The number of benzene rings is 1. The number of halogens is 1. The summed E-state index contributed by atoms with van der Waals surface area (Å²) < 4.78 is 16.2. The largest absolute Gasteiger partial charge is 0.504 e. The third-order valence-electron chi connectivity index (χ3n) is 6.19. The first-order valence-corrected chi connectivity index (χ1v) is 10.7. The van der Waals surface area contributed by atoms with Gasteiger partial charge in [-0.2, -0.15) is 5.10 Å². The molecule has 0 amide bonds. The van der Waals surface area contributed by atoms with Crippen molar-refractivity contribution in [2.45, 2.75) is 31.3 Å². The van der Waals surface area contributed by atoms with Gasteiger partial charge in [0, 0.05) is 49.4 Å². The molecule has 0 unspecified atom stereocenters. The summed E-state index contributed by atoms with van der Waals surface area (Å²) >= 11 is 0. The van der Waals surface area contributed by atoms with E-state index in [0.29, 0.717) is 34.2 Å². The van der Waals surface area contributed by atoms with Crippen LogP contribution in [0.2, 0.25) is 0 Å². The average molecular weight is 418 g/mol. The zero-order valence-electron chi connectivity index (χ0n) is 17.2. The molecule has 6 rings (SSSR count). The van der Waals surface area contributed by atoms with Crippen LogP contribution in [0.25, 0.3) is 33.2 Å². The van der Waals surface area contributed by atoms with Crippen LogP contribution in [0.4, 0.5) is 10.2 Å². The molecule has 0 spiro atoms. The van der Waals surface area contributed by atoms with Crippen molar-refractivity contribution in [2.24, 2.45) is 7.05 Å². The number of phenolic OH excluding ortho intramolecular Hbond substituents is 1. The van der Waals surface area contributed by atoms with Crippen molar-refractivity contribution in [1.29, 1.82) is 0 Å². The highest BCUT2D eigenvalue weighted by molar-refractivity contribution is 5.89. The van der Waals surface area contributed by atoms with Crippen LogP contribution in [0.15, 0.2) is 36.5 Å². The fourth-order valence-corrected chi connectivity index (χ4v) is 4.45. The van der Waals surface area contributed by atoms with Crippen molar-refractivity contribution in [1.82, 2.24) is 25.1 Å². The van der Waals surface area contributed by atoms with Gasteiger partial charge >= 0.3 is 0 Å². The number of anilines is 1. The fourth-order valence-electron chi connectivity index (χ4n) is 4.45. The van der Waals surface area contributed by atoms with Crippen molar-refractivity contribution >= 4 is 27.8 Å². The molecular formula is C23H23FN6O. The van der Waals surface area contributed by atoms with Crippen molar-refractivity contribution in [3.05, 3.63) is 42.3 Å². The summed E-state index contributed by atoms with van der Waals surface area (Å²) in [6, 6.07) is 10.5. The monoisotopic (exact) mass is 418 g/mol. The highest BCUT2D eigenvalue weighted by Crippen LogP contribution is 2.36. The van der Waals surface area contributed by atoms with Gasteiger partial charge in [-0.05, 0) is 49.6 Å². The molecule has 1 aliphatic carbocycles. The lowest BCUT2D eigenvalue weighted by molar-refractivity contribution is 0.437. The molecular weight excluding hydrogens is 395 g/mol. The Morgan fingerprint density at radius 2 is 1.87 bits per heavy atom. The first-order valence-electron chi connectivity index (χ1n) is 10.7. The van der Waals surface area contributed by atoms with Crippen LogP contribution in [-0.4, -0.2) is 50.0 Å². The standard InChI is InChI=1S/C23H23FN6O/c1-29-11-13-10-16(23(31)21(24)22(13)28-29)17-4-5-19-18(26-17)6-7-20(27-19)30-9-8-15(12-30)25-14-2-3-14/h4-7,10-11,14-15,25,31H,2-3,8-9,12H2,1H3/t15-/m1/s1. The predicted molar refractivity (Wildman–Crippen MR) is 118 cm³/mol. The molecule has 8 heteroatoms. The Bertz CT molecular complexity index is 1310. The molecule has 31 heavy (non-hydrogen) atoms. The Hall–Kier alpha value is -3.26. The van der Waals surface area contributed by atoms with E-state index in [4.69, 9.17) is 4.98 Å². The maximum atomic E-state index is 14.6. The summed E-state index contributed by atoms with van der Waals surface area (Å²) in [5, 5.41) is 18.8. The van der Waals surface area contributed by atoms with Gasteiger partial charge in [0.25, 0.3) is 0 Å². The molecule has 0 radical (unpaired) electrons. The number of nitrogens with one attached hydrogen (secondary N) is 1. The van der Waals surface area contributed by atoms with E-state index in [9.17, 15) is 9.50 Å². The van der Waals surface area contributed by atoms with Gasteiger partial charge in [-0.25, -0.2) is 14.4 Å². The minimum absolute atomic E-state index is 0.149. The zero-order chi connectivity index (χ0) is 21.1. The topological polar surface area (TPSA) is 79.1 Å². The molecule has 2 fully saturated rings. The SMILES string of the molecule is Cn1cc2cc(-c3ccc4nc(N5CC[C@@H](NC6CC6)C5)ccc4n3)c(O)c(F)c2n1. The van der Waals surface area contributed by atoms with E-state index in [0.717, 1.165) is 30.8 Å². The maximum Gasteiger partial charge on any atom is 0.193 e. The minimum Gasteiger partial charge on any atom is -0.504 e. The molecule has 7 nitrogen and oxygen atoms in total. The Morgan fingerprint density at radius 3 is 2.71 bits per heavy atom. The van der Waals surface area contributed by atoms with Gasteiger partial charge in [-0.3, -0.25) is 4.68 Å². The number of aromatic hydroxyl groups is 1. The molecule has 2 aliphatic rings. The Balaban J connectivity index is 1.32. The van der Waals surface area contributed by atoms with Gasteiger partial charge in [0.1, 0.15) is 11.3 Å². The summed E-state index contributed by atoms with van der Waals surface area (Å²) in [4.78, 5) is 11.8. The van der Waals surface area contributed by atoms with Gasteiger partial charge in [0.15, 0.2) is 11.6 Å². The normalized spacial score (nSPS) is 19.0. The summed E-state index contributed by atoms with van der Waals surface area (Å²) in [6.07, 6.45) is 5.45. The Labute approximate surface area is 178 Å². The number of aromatic nitrogens is 4. The van der Waals surface area contributed by atoms with Crippen molar-refractivity contribution in [3.8, 4) is 17.0 Å². The molecule has 1 saturated heterocycles. The van der Waals surface area contributed by atoms with E-state index >= 15 is 0 Å².